The summed E-state index contributed by atoms with van der Waals surface area (Å²) in [5.74, 6) is 1.98. The highest BCUT2D eigenvalue weighted by Gasteiger charge is 2.32. The van der Waals surface area contributed by atoms with Crippen molar-refractivity contribution in [2.24, 2.45) is 16.9 Å². The first-order valence-electron chi connectivity index (χ1n) is 13.1. The first-order chi connectivity index (χ1) is 18.4. The summed E-state index contributed by atoms with van der Waals surface area (Å²) in [6, 6.07) is 9.49. The fourth-order valence-corrected chi connectivity index (χ4v) is 5.09. The van der Waals surface area contributed by atoms with Gasteiger partial charge in [0.2, 0.25) is 5.78 Å². The normalized spacial score (nSPS) is 24.0. The van der Waals surface area contributed by atoms with E-state index >= 15 is 0 Å². The van der Waals surface area contributed by atoms with Crippen LogP contribution in [0, 0.1) is 23.2 Å². The molecule has 3 aliphatic rings. The number of hydrogen-bond donors (Lipinski definition) is 0. The second kappa shape index (κ2) is 11.2. The molecule has 0 N–H and O–H groups in total. The van der Waals surface area contributed by atoms with Gasteiger partial charge in [-0.25, -0.2) is 9.97 Å². The maximum absolute atomic E-state index is 12.7. The minimum atomic E-state index is -0.0797. The molecule has 2 aliphatic heterocycles. The maximum atomic E-state index is 12.7. The van der Waals surface area contributed by atoms with E-state index in [4.69, 9.17) is 9.84 Å². The van der Waals surface area contributed by atoms with Crippen LogP contribution in [0.1, 0.15) is 37.1 Å². The van der Waals surface area contributed by atoms with E-state index in [1.807, 2.05) is 31.3 Å². The summed E-state index contributed by atoms with van der Waals surface area (Å²) in [5, 5.41) is 14.1. The Bertz CT molecular complexity index is 1350. The lowest BCUT2D eigenvalue weighted by Gasteiger charge is -2.28. The summed E-state index contributed by atoms with van der Waals surface area (Å²) in [6.07, 6.45) is 16.5. The van der Waals surface area contributed by atoms with E-state index in [1.54, 1.807) is 36.8 Å². The standard InChI is InChI=1S/C30H33N6O2/c1-35-12-9-22(10-13-35)21-38-27-19-32-30(33-20-27)25-7-3-5-23(15-25)17-28-29(37)11-14-36(2,34-28)26-8-4-6-24(16-26)18-31/h3-8,11,14,16,19-20,22-23H,9-10,12-13,15,17,21H2,1-2H3/q+1. The van der Waals surface area contributed by atoms with Crippen molar-refractivity contribution in [3.8, 4) is 11.8 Å². The molecule has 0 saturated carbocycles. The molecule has 1 aliphatic carbocycles. The highest BCUT2D eigenvalue weighted by molar-refractivity contribution is 6.44. The van der Waals surface area contributed by atoms with Crippen molar-refractivity contribution in [2.45, 2.75) is 25.7 Å². The largest absolute Gasteiger partial charge is 0.490 e. The van der Waals surface area contributed by atoms with Gasteiger partial charge in [0.05, 0.1) is 30.6 Å². The molecule has 1 aromatic heterocycles. The van der Waals surface area contributed by atoms with Gasteiger partial charge in [0, 0.05) is 24.6 Å². The third-order valence-electron chi connectivity index (χ3n) is 7.48. The molecule has 1 aromatic carbocycles. The highest BCUT2D eigenvalue weighted by atomic mass is 16.5. The van der Waals surface area contributed by atoms with Crippen LogP contribution in [0.15, 0.2) is 72.3 Å². The Morgan fingerprint density at radius 3 is 2.76 bits per heavy atom. The summed E-state index contributed by atoms with van der Waals surface area (Å²) >= 11 is 0. The molecule has 0 radical (unpaired) electrons. The number of piperidine rings is 1. The lowest BCUT2D eigenvalue weighted by Crippen LogP contribution is -2.39. The summed E-state index contributed by atoms with van der Waals surface area (Å²) in [5.41, 5.74) is 2.94. The van der Waals surface area contributed by atoms with E-state index in [0.717, 1.165) is 43.6 Å². The molecule has 0 spiro atoms. The lowest BCUT2D eigenvalue weighted by atomic mass is 9.88. The number of ether oxygens (including phenoxy) is 1. The monoisotopic (exact) mass is 509 g/mol. The van der Waals surface area contributed by atoms with Gasteiger partial charge in [0.15, 0.2) is 17.3 Å². The molecule has 2 atom stereocenters. The average Bonchev–Trinajstić information content (AvgIpc) is 2.95. The first kappa shape index (κ1) is 25.7. The Labute approximate surface area is 223 Å². The number of aromatic nitrogens is 2. The number of carbonyl (C=O) groups is 1. The van der Waals surface area contributed by atoms with E-state index in [-0.39, 0.29) is 16.3 Å². The van der Waals surface area contributed by atoms with Crippen LogP contribution in [-0.4, -0.2) is 60.2 Å². The van der Waals surface area contributed by atoms with E-state index in [1.165, 1.54) is 0 Å². The summed E-state index contributed by atoms with van der Waals surface area (Å²) in [6.45, 7) is 2.94. The van der Waals surface area contributed by atoms with Crippen molar-refractivity contribution in [2.75, 3.05) is 33.8 Å². The molecule has 3 heterocycles. The van der Waals surface area contributed by atoms with E-state index in [2.05, 4.69) is 34.1 Å². The predicted molar refractivity (Wildman–Crippen MR) is 148 cm³/mol. The van der Waals surface area contributed by atoms with E-state index in [0.29, 0.717) is 41.8 Å². The number of nitrogens with zero attached hydrogens (tertiary/aromatic N) is 6. The number of quaternary nitrogens is 1. The van der Waals surface area contributed by atoms with Crippen molar-refractivity contribution >= 4 is 22.8 Å². The summed E-state index contributed by atoms with van der Waals surface area (Å²) in [4.78, 5) is 24.2. The number of benzene rings is 1. The minimum Gasteiger partial charge on any atom is -0.490 e. The topological polar surface area (TPSA) is 91.5 Å². The molecule has 8 heteroatoms. The molecular formula is C30H33N6O2+. The van der Waals surface area contributed by atoms with Crippen LogP contribution in [0.4, 0.5) is 5.69 Å². The van der Waals surface area contributed by atoms with Crippen molar-refractivity contribution < 1.29 is 9.53 Å². The molecule has 38 heavy (non-hydrogen) atoms. The van der Waals surface area contributed by atoms with Crippen molar-refractivity contribution in [3.05, 3.63) is 78.6 Å². The first-order valence-corrected chi connectivity index (χ1v) is 13.1. The molecule has 0 bridgehead atoms. The molecule has 1 fully saturated rings. The van der Waals surface area contributed by atoms with Crippen molar-refractivity contribution in [1.29, 1.82) is 5.26 Å². The van der Waals surface area contributed by atoms with E-state index in [9.17, 15) is 10.1 Å². The van der Waals surface area contributed by atoms with Gasteiger partial charge in [-0.15, -0.1) is 4.59 Å². The van der Waals surface area contributed by atoms with Crippen LogP contribution in [0.25, 0.3) is 5.57 Å². The second-order valence-electron chi connectivity index (χ2n) is 10.5. The Balaban J connectivity index is 1.22. The quantitative estimate of drug-likeness (QED) is 0.510. The van der Waals surface area contributed by atoms with Crippen LogP contribution in [0.2, 0.25) is 0 Å². The average molecular weight is 510 g/mol. The molecule has 0 amide bonds. The lowest BCUT2D eigenvalue weighted by molar-refractivity contribution is -0.109. The van der Waals surface area contributed by atoms with Crippen LogP contribution in [-0.2, 0) is 4.79 Å². The minimum absolute atomic E-state index is 0.0797. The number of likely N-dealkylation sites (tertiary alicyclic amines) is 1. The number of carbonyl (C=O) groups excluding carboxylic acids is 1. The molecule has 1 saturated heterocycles. The zero-order valence-electron chi connectivity index (χ0n) is 22.0. The fourth-order valence-electron chi connectivity index (χ4n) is 5.09. The van der Waals surface area contributed by atoms with Crippen LogP contribution in [0.3, 0.4) is 0 Å². The number of allylic oxidation sites excluding steroid dienone is 5. The zero-order chi connectivity index (χ0) is 26.5. The second-order valence-corrected chi connectivity index (χ2v) is 10.5. The summed E-state index contributed by atoms with van der Waals surface area (Å²) < 4.78 is 6.07. The Kier molecular flexibility index (Phi) is 7.59. The van der Waals surface area contributed by atoms with Gasteiger partial charge in [0.1, 0.15) is 19.0 Å². The van der Waals surface area contributed by atoms with Crippen LogP contribution >= 0.6 is 0 Å². The third-order valence-corrected chi connectivity index (χ3v) is 7.48. The molecule has 8 nitrogen and oxygen atoms in total. The predicted octanol–water partition coefficient (Wildman–Crippen LogP) is 4.51. The molecule has 5 rings (SSSR count). The Hall–Kier alpha value is -3.93. The van der Waals surface area contributed by atoms with Gasteiger partial charge in [-0.2, -0.15) is 5.26 Å². The SMILES string of the molecule is CN1CCC(COc2cnc(C3=CC=CC(CC4=N[N+](C)(c5cccc(C#N)c5)C=CC4=O)C3)nc2)CC1. The van der Waals surface area contributed by atoms with Gasteiger partial charge in [-0.05, 0) is 62.9 Å². The number of nitriles is 1. The van der Waals surface area contributed by atoms with Gasteiger partial charge >= 0.3 is 0 Å². The molecule has 2 unspecified atom stereocenters. The van der Waals surface area contributed by atoms with Gasteiger partial charge in [-0.1, -0.05) is 29.4 Å². The molecule has 194 valence electrons. The third kappa shape index (κ3) is 5.96. The molecule has 2 aromatic rings. The van der Waals surface area contributed by atoms with Gasteiger partial charge in [-0.3, -0.25) is 4.79 Å². The van der Waals surface area contributed by atoms with Crippen molar-refractivity contribution in [3.63, 3.8) is 0 Å². The number of hydrogen-bond acceptors (Lipinski definition) is 7. The summed E-state index contributed by atoms with van der Waals surface area (Å²) in [7, 11) is 4.07. The zero-order valence-corrected chi connectivity index (χ0v) is 22.0. The fraction of sp³-hybridized carbons (Fsp3) is 0.367. The number of ketones is 1. The van der Waals surface area contributed by atoms with Gasteiger partial charge < -0.3 is 9.64 Å². The van der Waals surface area contributed by atoms with Crippen LogP contribution < -0.4 is 9.33 Å². The van der Waals surface area contributed by atoms with Crippen LogP contribution in [0.5, 0.6) is 5.75 Å². The highest BCUT2D eigenvalue weighted by Crippen LogP contribution is 2.31. The van der Waals surface area contributed by atoms with Crippen molar-refractivity contribution in [1.82, 2.24) is 19.5 Å². The Morgan fingerprint density at radius 1 is 1.21 bits per heavy atom. The molecular weight excluding hydrogens is 476 g/mol. The number of rotatable bonds is 7. The van der Waals surface area contributed by atoms with Gasteiger partial charge in [0.25, 0.3) is 0 Å². The van der Waals surface area contributed by atoms with E-state index < -0.39 is 0 Å². The maximum Gasteiger partial charge on any atom is 0.210 e. The Morgan fingerprint density at radius 2 is 2.00 bits per heavy atom. The smallest absolute Gasteiger partial charge is 0.210 e.